The Balaban J connectivity index is 0.000000733. The van der Waals surface area contributed by atoms with Gasteiger partial charge in [-0.2, -0.15) is 8.42 Å². The predicted molar refractivity (Wildman–Crippen MR) is 167 cm³/mol. The lowest BCUT2D eigenvalue weighted by atomic mass is 9.82. The van der Waals surface area contributed by atoms with Crippen molar-refractivity contribution in [1.29, 1.82) is 0 Å². The lowest BCUT2D eigenvalue weighted by molar-refractivity contribution is -0.148. The zero-order valence-corrected chi connectivity index (χ0v) is 26.7. The highest BCUT2D eigenvalue weighted by molar-refractivity contribution is 7.85. The van der Waals surface area contributed by atoms with Gasteiger partial charge in [0.25, 0.3) is 16.0 Å². The molecule has 12 nitrogen and oxygen atoms in total. The van der Waals surface area contributed by atoms with Gasteiger partial charge in [-0.05, 0) is 49.3 Å². The Kier molecular flexibility index (Phi) is 16.5. The molecule has 13 heteroatoms. The largest absolute Gasteiger partial charge is 0.394 e. The van der Waals surface area contributed by atoms with E-state index in [4.69, 9.17) is 10.3 Å². The minimum absolute atomic E-state index is 0.0223. The molecule has 44 heavy (non-hydrogen) atoms. The number of carbonyl (C=O) groups excluding carboxylic acids is 3. The van der Waals surface area contributed by atoms with Crippen LogP contribution in [0.2, 0.25) is 0 Å². The van der Waals surface area contributed by atoms with E-state index >= 15 is 0 Å². The second-order valence-electron chi connectivity index (χ2n) is 11.3. The molecule has 7 N–H and O–H groups in total. The summed E-state index contributed by atoms with van der Waals surface area (Å²) in [5.41, 5.74) is 11.9. The van der Waals surface area contributed by atoms with Gasteiger partial charge in [-0.15, -0.1) is 0 Å². The summed E-state index contributed by atoms with van der Waals surface area (Å²) in [6, 6.07) is 14.3. The van der Waals surface area contributed by atoms with Gasteiger partial charge in [0.05, 0.1) is 23.3 Å². The Morgan fingerprint density at radius 2 is 1.52 bits per heavy atom. The third kappa shape index (κ3) is 13.8. The maximum absolute atomic E-state index is 13.3. The van der Waals surface area contributed by atoms with Crippen LogP contribution in [0.3, 0.4) is 0 Å². The van der Waals surface area contributed by atoms with E-state index in [1.807, 2.05) is 71.0 Å². The van der Waals surface area contributed by atoms with Crippen LogP contribution in [0.15, 0.2) is 65.6 Å². The number of hydrogen-bond acceptors (Lipinski definition) is 8. The van der Waals surface area contributed by atoms with Crippen molar-refractivity contribution in [2.75, 3.05) is 13.2 Å². The van der Waals surface area contributed by atoms with Gasteiger partial charge in [-0.1, -0.05) is 87.9 Å². The van der Waals surface area contributed by atoms with Gasteiger partial charge in [0.15, 0.2) is 0 Å². The number of carbonyl (C=O) groups is 3. The molecule has 0 saturated carbocycles. The SMILES string of the molecule is CC(C)C[C@@H](C(=O)NN(CC(C)C)C(=O)[C@H](N)CO)[C@H](CC=Cc1ccccc1)C(=O)NO.Cc1ccc(S(=O)(=O)O)cc1. The van der Waals surface area contributed by atoms with E-state index in [0.717, 1.165) is 16.1 Å². The van der Waals surface area contributed by atoms with Crippen LogP contribution in [0.5, 0.6) is 0 Å². The van der Waals surface area contributed by atoms with Crippen molar-refractivity contribution in [3.8, 4) is 0 Å². The van der Waals surface area contributed by atoms with Crippen molar-refractivity contribution >= 4 is 33.9 Å². The Hall–Kier alpha value is -3.62. The fourth-order valence-electron chi connectivity index (χ4n) is 4.17. The molecule has 0 spiro atoms. The quantitative estimate of drug-likeness (QED) is 0.109. The third-order valence-corrected chi connectivity index (χ3v) is 7.25. The number of nitrogens with zero attached hydrogens (tertiary/aromatic N) is 1. The van der Waals surface area contributed by atoms with E-state index in [1.165, 1.54) is 12.1 Å². The molecule has 0 saturated heterocycles. The van der Waals surface area contributed by atoms with E-state index in [0.29, 0.717) is 6.42 Å². The average Bonchev–Trinajstić information content (AvgIpc) is 2.97. The fraction of sp³-hybridized carbons (Fsp3) is 0.452. The standard InChI is InChI=1S/C24H38N4O5.C7H8O3S/c1-16(2)13-20(22(30)26-28(14-17(3)4)24(32)21(25)15-29)19(23(31)27-33)12-8-11-18-9-6-5-7-10-18;1-6-2-4-7(5-3-6)11(8,9)10/h5-11,16-17,19-21,29,33H,12-15,25H2,1-4H3,(H,26,30)(H,27,31);2-5H,1H3,(H,8,9,10)/t19-,20+,21+;/m0./s1. The summed E-state index contributed by atoms with van der Waals surface area (Å²) in [5.74, 6) is -3.40. The maximum Gasteiger partial charge on any atom is 0.294 e. The lowest BCUT2D eigenvalue weighted by Crippen LogP contribution is -2.56. The summed E-state index contributed by atoms with van der Waals surface area (Å²) in [6.07, 6.45) is 4.20. The first-order valence-electron chi connectivity index (χ1n) is 14.3. The number of nitrogens with two attached hydrogens (primary N) is 1. The summed E-state index contributed by atoms with van der Waals surface area (Å²) < 4.78 is 29.6. The number of hydrogen-bond donors (Lipinski definition) is 6. The van der Waals surface area contributed by atoms with Crippen molar-refractivity contribution in [1.82, 2.24) is 15.9 Å². The van der Waals surface area contributed by atoms with Crippen molar-refractivity contribution in [2.45, 2.75) is 58.4 Å². The summed E-state index contributed by atoms with van der Waals surface area (Å²) in [7, 11) is -4.02. The Bertz CT molecular complexity index is 1320. The number of aryl methyl sites for hydroxylation is 1. The van der Waals surface area contributed by atoms with Crippen molar-refractivity contribution in [3.63, 3.8) is 0 Å². The first-order chi connectivity index (χ1) is 20.6. The molecule has 244 valence electrons. The van der Waals surface area contributed by atoms with Crippen molar-refractivity contribution < 1.29 is 37.7 Å². The number of nitrogens with one attached hydrogen (secondary N) is 2. The molecule has 3 atom stereocenters. The third-order valence-electron chi connectivity index (χ3n) is 6.39. The Morgan fingerprint density at radius 3 is 2.00 bits per heavy atom. The van der Waals surface area contributed by atoms with Crippen LogP contribution in [0.25, 0.3) is 6.08 Å². The second kappa shape index (κ2) is 18.9. The number of benzene rings is 2. The monoisotopic (exact) mass is 634 g/mol. The van der Waals surface area contributed by atoms with Gasteiger partial charge in [0, 0.05) is 6.54 Å². The first-order valence-corrected chi connectivity index (χ1v) is 15.7. The number of hydrazine groups is 1. The van der Waals surface area contributed by atoms with Gasteiger partial charge in [-0.3, -0.25) is 34.6 Å². The highest BCUT2D eigenvalue weighted by Gasteiger charge is 2.35. The molecule has 0 fully saturated rings. The van der Waals surface area contributed by atoms with Gasteiger partial charge < -0.3 is 10.8 Å². The van der Waals surface area contributed by atoms with Crippen LogP contribution in [0.4, 0.5) is 0 Å². The minimum atomic E-state index is -4.02. The Morgan fingerprint density at radius 1 is 0.932 bits per heavy atom. The zero-order valence-electron chi connectivity index (χ0n) is 25.9. The van der Waals surface area contributed by atoms with Gasteiger partial charge in [0.1, 0.15) is 6.04 Å². The normalized spacial score (nSPS) is 13.5. The summed E-state index contributed by atoms with van der Waals surface area (Å²) in [4.78, 5) is 38.3. The zero-order chi connectivity index (χ0) is 33.4. The number of aliphatic hydroxyl groups excluding tert-OH is 1. The topological polar surface area (TPSA) is 199 Å². The molecule has 2 rings (SSSR count). The van der Waals surface area contributed by atoms with E-state index in [1.54, 1.807) is 23.7 Å². The highest BCUT2D eigenvalue weighted by atomic mass is 32.2. The molecule has 2 aromatic rings. The molecule has 2 aromatic carbocycles. The molecule has 3 amide bonds. The molecular formula is C31H46N4O8S. The molecular weight excluding hydrogens is 588 g/mol. The average molecular weight is 635 g/mol. The first kappa shape index (κ1) is 38.4. The minimum Gasteiger partial charge on any atom is -0.394 e. The van der Waals surface area contributed by atoms with Crippen LogP contribution in [-0.2, 0) is 24.5 Å². The Labute approximate surface area is 260 Å². The molecule has 0 bridgehead atoms. The van der Waals surface area contributed by atoms with E-state index in [9.17, 15) is 33.1 Å². The van der Waals surface area contributed by atoms with Gasteiger partial charge in [0.2, 0.25) is 11.8 Å². The number of hydroxylamine groups is 1. The molecule has 0 aromatic heterocycles. The molecule has 0 radical (unpaired) electrons. The maximum atomic E-state index is 13.3. The summed E-state index contributed by atoms with van der Waals surface area (Å²) in [6.45, 7) is 9.07. The number of rotatable bonds is 13. The number of aliphatic hydroxyl groups is 1. The van der Waals surface area contributed by atoms with Crippen LogP contribution in [0.1, 0.15) is 51.7 Å². The molecule has 0 unspecified atom stereocenters. The number of allylic oxidation sites excluding steroid dienone is 1. The molecule has 0 aliphatic carbocycles. The molecule has 0 aliphatic heterocycles. The predicted octanol–water partition coefficient (Wildman–Crippen LogP) is 2.95. The van der Waals surface area contributed by atoms with E-state index in [2.05, 4.69) is 5.43 Å². The fourth-order valence-corrected chi connectivity index (χ4v) is 4.65. The van der Waals surface area contributed by atoms with E-state index < -0.39 is 52.3 Å². The smallest absolute Gasteiger partial charge is 0.294 e. The van der Waals surface area contributed by atoms with E-state index in [-0.39, 0.29) is 29.7 Å². The van der Waals surface area contributed by atoms with Crippen LogP contribution < -0.4 is 16.6 Å². The van der Waals surface area contributed by atoms with Crippen LogP contribution in [-0.4, -0.2) is 65.2 Å². The lowest BCUT2D eigenvalue weighted by Gasteiger charge is -2.31. The van der Waals surface area contributed by atoms with Crippen LogP contribution >= 0.6 is 0 Å². The number of amides is 3. The molecule has 0 heterocycles. The van der Waals surface area contributed by atoms with Gasteiger partial charge in [-0.25, -0.2) is 5.48 Å². The summed E-state index contributed by atoms with van der Waals surface area (Å²) in [5, 5.41) is 19.7. The highest BCUT2D eigenvalue weighted by Crippen LogP contribution is 2.26. The molecule has 0 aliphatic rings. The van der Waals surface area contributed by atoms with Gasteiger partial charge >= 0.3 is 0 Å². The summed E-state index contributed by atoms with van der Waals surface area (Å²) >= 11 is 0. The van der Waals surface area contributed by atoms with Crippen LogP contribution in [0, 0.1) is 30.6 Å². The second-order valence-corrected chi connectivity index (χ2v) is 12.7. The van der Waals surface area contributed by atoms with Crippen molar-refractivity contribution in [3.05, 3.63) is 71.8 Å². The van der Waals surface area contributed by atoms with Crippen molar-refractivity contribution in [2.24, 2.45) is 29.4 Å².